The molecule has 0 aromatic heterocycles. The molecule has 1 aromatic carbocycles. The Kier molecular flexibility index (Phi) is 21.8. The van der Waals surface area contributed by atoms with Gasteiger partial charge in [-0.15, -0.1) is 0 Å². The molecule has 0 radical (unpaired) electrons. The first kappa shape index (κ1) is 70.7. The maximum Gasteiger partial charge on any atom is 0.329 e. The molecule has 11 unspecified atom stereocenters. The third-order valence-corrected chi connectivity index (χ3v) is 17.8. The first-order valence-electron chi connectivity index (χ1n) is 31.1. The first-order chi connectivity index (χ1) is 43.0. The number of likely N-dealkylation sites (N-methyl/N-ethyl adjacent to an activating group) is 4. The quantitative estimate of drug-likeness (QED) is 0.0988. The molecule has 7 N–H and O–H groups in total. The highest BCUT2D eigenvalue weighted by Gasteiger charge is 2.47. The zero-order valence-corrected chi connectivity index (χ0v) is 55.2. The number of hydrogen-bond acceptors (Lipinski definition) is 19. The van der Waals surface area contributed by atoms with E-state index in [0.29, 0.717) is 12.0 Å². The Hall–Kier alpha value is -8.76. The van der Waals surface area contributed by atoms with Gasteiger partial charge >= 0.3 is 11.9 Å². The van der Waals surface area contributed by atoms with Crippen molar-refractivity contribution in [2.45, 2.75) is 175 Å². The summed E-state index contributed by atoms with van der Waals surface area (Å²) in [6.45, 7) is 17.8. The summed E-state index contributed by atoms with van der Waals surface area (Å²) in [6.07, 6.45) is -3.52. The van der Waals surface area contributed by atoms with Crippen LogP contribution in [0, 0.1) is 37.5 Å². The number of aromatic nitrogens is 1. The third kappa shape index (κ3) is 14.3. The van der Waals surface area contributed by atoms with Crippen LogP contribution in [0.3, 0.4) is 0 Å². The van der Waals surface area contributed by atoms with Gasteiger partial charge < -0.3 is 75.4 Å². The van der Waals surface area contributed by atoms with Crippen LogP contribution in [0.4, 0.5) is 5.69 Å². The molecule has 5 aliphatic heterocycles. The second-order valence-electron chi connectivity index (χ2n) is 26.1. The first-order valence-corrected chi connectivity index (χ1v) is 31.1. The van der Waals surface area contributed by atoms with Crippen molar-refractivity contribution in [1.82, 2.24) is 55.7 Å². The zero-order chi connectivity index (χ0) is 68.6. The van der Waals surface area contributed by atoms with E-state index in [1.165, 1.54) is 75.8 Å². The molecular weight excluding hydrogens is 1200 g/mol. The number of carbonyl (C=O) groups excluding carboxylic acids is 12. The lowest BCUT2D eigenvalue weighted by Gasteiger charge is -2.41. The lowest BCUT2D eigenvalue weighted by Crippen LogP contribution is -2.63. The number of fused-ring (bicyclic) bond motifs is 4. The van der Waals surface area contributed by atoms with Gasteiger partial charge in [0.15, 0.2) is 11.3 Å². The van der Waals surface area contributed by atoms with Crippen molar-refractivity contribution >= 4 is 87.8 Å². The van der Waals surface area contributed by atoms with Gasteiger partial charge in [-0.2, -0.15) is 0 Å². The van der Waals surface area contributed by atoms with Crippen LogP contribution in [0.15, 0.2) is 21.3 Å². The molecular formula is C63H88N12O17. The monoisotopic (exact) mass is 1280 g/mol. The molecule has 11 atom stereocenters. The second-order valence-corrected chi connectivity index (χ2v) is 26.1. The summed E-state index contributed by atoms with van der Waals surface area (Å²) < 4.78 is 18.3. The van der Waals surface area contributed by atoms with Gasteiger partial charge in [0.05, 0.1) is 36.0 Å². The van der Waals surface area contributed by atoms with Crippen LogP contribution >= 0.6 is 0 Å². The Morgan fingerprint density at radius 3 is 1.59 bits per heavy atom. The van der Waals surface area contributed by atoms with Crippen LogP contribution in [0.1, 0.15) is 127 Å². The van der Waals surface area contributed by atoms with Gasteiger partial charge in [0.2, 0.25) is 52.7 Å². The summed E-state index contributed by atoms with van der Waals surface area (Å²) in [6, 6.07) is -8.43. The van der Waals surface area contributed by atoms with E-state index in [9.17, 15) is 57.8 Å². The highest BCUT2D eigenvalue weighted by Crippen LogP contribution is 2.35. The minimum absolute atomic E-state index is 0.0811. The van der Waals surface area contributed by atoms with E-state index >= 15 is 9.59 Å². The molecule has 5 heterocycles. The van der Waals surface area contributed by atoms with E-state index in [2.05, 4.69) is 21.3 Å². The molecule has 502 valence electrons. The van der Waals surface area contributed by atoms with Crippen LogP contribution in [-0.4, -0.2) is 232 Å². The number of amides is 10. The lowest BCUT2D eigenvalue weighted by atomic mass is 9.94. The summed E-state index contributed by atoms with van der Waals surface area (Å²) >= 11 is 0. The van der Waals surface area contributed by atoms with Gasteiger partial charge in [0.25, 0.3) is 11.8 Å². The number of anilines is 1. The van der Waals surface area contributed by atoms with Gasteiger partial charge in [0, 0.05) is 53.3 Å². The summed E-state index contributed by atoms with van der Waals surface area (Å²) in [7, 11) is 5.48. The Morgan fingerprint density at radius 1 is 0.641 bits per heavy atom. The molecule has 92 heavy (non-hydrogen) atoms. The molecule has 4 fully saturated rings. The van der Waals surface area contributed by atoms with Crippen molar-refractivity contribution in [3.8, 4) is 11.5 Å². The fraction of sp³-hybridized carbons (Fsp3) is 0.619. The molecule has 1 aliphatic carbocycles. The number of carbonyl (C=O) groups is 12. The third-order valence-electron chi connectivity index (χ3n) is 17.8. The fourth-order valence-corrected chi connectivity index (χ4v) is 12.4. The van der Waals surface area contributed by atoms with Gasteiger partial charge in [0.1, 0.15) is 71.8 Å². The number of piperidine rings is 1. The van der Waals surface area contributed by atoms with Crippen LogP contribution < -0.4 is 32.4 Å². The number of nitrogens with two attached hydrogens (primary N) is 1. The van der Waals surface area contributed by atoms with Gasteiger partial charge in [-0.3, -0.25) is 52.7 Å². The predicted octanol–water partition coefficient (Wildman–Crippen LogP) is 0.0865. The fourth-order valence-electron chi connectivity index (χ4n) is 12.4. The molecule has 10 amide bonds. The number of esters is 2. The normalized spacial score (nSPS) is 26.9. The molecule has 1 aromatic rings. The molecule has 29 heteroatoms. The highest BCUT2D eigenvalue weighted by atomic mass is 16.6. The number of aliphatic hydroxyl groups excluding tert-OH is 1. The van der Waals surface area contributed by atoms with E-state index in [1.807, 2.05) is 0 Å². The van der Waals surface area contributed by atoms with Crippen molar-refractivity contribution in [3.05, 3.63) is 44.6 Å². The van der Waals surface area contributed by atoms with E-state index in [-0.39, 0.29) is 60.3 Å². The maximum atomic E-state index is 15.2. The summed E-state index contributed by atoms with van der Waals surface area (Å²) in [5, 5.41) is 21.4. The Balaban J connectivity index is 1.33. The van der Waals surface area contributed by atoms with Gasteiger partial charge in [-0.25, -0.2) is 14.6 Å². The van der Waals surface area contributed by atoms with Crippen molar-refractivity contribution < 1.29 is 76.5 Å². The highest BCUT2D eigenvalue weighted by molar-refractivity contribution is 6.10. The minimum atomic E-state index is -1.93. The number of ether oxygens (including phenoxy) is 2. The standard InChI is InChI=1S/C63H88N12O17/c1-27(2)43-60(86)74-22-17-18-37(74)58(84)70(13)25-39(77)72(15)49(29(5)6)62(88)90-33(11)45(56(82)66-43)68-54(80)36-20-19-31(9)52-47(36)65-48-41(42(64)51(79)32(10)53(48)92-52)55(81)69-46-34(12)91-63(89)50(30(7)8)73(16)40(78)26-71(14)59(85)38-24-35(76)21-23-75(38)61(87)44(28(3)4)67-57(46)83/h19-20,27-30,33-35,37-38,43-46,49-50,76H,17-18,21-26,64H2,1-16H3,(H,66,82)(H,67,83)(H,68,80)(H,69,81). The van der Waals surface area contributed by atoms with Crippen molar-refractivity contribution in [1.29, 1.82) is 0 Å². The number of hydrogen-bond donors (Lipinski definition) is 6. The number of benzene rings is 2. The zero-order valence-electron chi connectivity index (χ0n) is 55.2. The van der Waals surface area contributed by atoms with Crippen molar-refractivity contribution in [3.63, 3.8) is 0 Å². The van der Waals surface area contributed by atoms with Crippen molar-refractivity contribution in [2.24, 2.45) is 23.7 Å². The topological polar surface area (TPSA) is 380 Å². The molecule has 6 aliphatic rings. The predicted molar refractivity (Wildman–Crippen MR) is 331 cm³/mol. The minimum Gasteiger partial charge on any atom is -0.458 e. The number of nitrogen functional groups attached to an aromatic ring is 1. The van der Waals surface area contributed by atoms with E-state index in [4.69, 9.17) is 24.6 Å². The molecule has 29 nitrogen and oxygen atoms in total. The molecule has 7 rings (SSSR count). The van der Waals surface area contributed by atoms with Crippen LogP contribution in [0.25, 0.3) is 22.6 Å². The van der Waals surface area contributed by atoms with Gasteiger partial charge in [-0.05, 0) is 82.3 Å². The van der Waals surface area contributed by atoms with Gasteiger partial charge in [-0.1, -0.05) is 61.5 Å². The summed E-state index contributed by atoms with van der Waals surface area (Å²) in [5.74, 6) is -13.0. The number of nitrogens with zero attached hydrogens (tertiary/aromatic N) is 7. The maximum absolute atomic E-state index is 15.2. The van der Waals surface area contributed by atoms with Crippen LogP contribution in [0.5, 0.6) is 0 Å². The Bertz CT molecular complexity index is 3480. The molecule has 0 saturated carbocycles. The van der Waals surface area contributed by atoms with Crippen molar-refractivity contribution in [2.75, 3.05) is 60.1 Å². The van der Waals surface area contributed by atoms with E-state index in [1.54, 1.807) is 62.3 Å². The number of cyclic esters (lactones) is 2. The van der Waals surface area contributed by atoms with Crippen LogP contribution in [0.2, 0.25) is 0 Å². The average Bonchev–Trinajstić information content (AvgIpc) is 0.960. The summed E-state index contributed by atoms with van der Waals surface area (Å²) in [4.78, 5) is 200. The average molecular weight is 1290 g/mol. The number of rotatable bonds is 8. The molecule has 4 saturated heterocycles. The molecule has 0 spiro atoms. The SMILES string of the molecule is Cc1c2oc3c(C)ccc(C(=O)NC4C(=O)NC(C(C)C)C(=O)N5CCCC5C(=O)N(C)CC(=O)N(C)C(C(C)C)C(=O)OC4C)c3nc-2c(C(=O)NC2C(=O)NC(C(C)C)C(=O)N3CCC(O)CC3C(=O)N(C)CC(=O)N(C)C(C(C)C)C(=O)OC2C)c(N)c1=O. The Morgan fingerprint density at radius 2 is 1.11 bits per heavy atom. The van der Waals surface area contributed by atoms with Crippen LogP contribution in [-0.2, 0) is 57.4 Å². The Labute approximate surface area is 533 Å². The van der Waals surface area contributed by atoms with E-state index in [0.717, 1.165) is 14.7 Å². The largest absolute Gasteiger partial charge is 0.458 e. The number of aryl methyl sites for hydroxylation is 1. The number of aliphatic hydroxyl groups is 1. The smallest absolute Gasteiger partial charge is 0.329 e. The summed E-state index contributed by atoms with van der Waals surface area (Å²) in [5.41, 5.74) is 3.42. The molecule has 0 bridgehead atoms. The second kappa shape index (κ2) is 28.4. The lowest BCUT2D eigenvalue weighted by molar-refractivity contribution is -0.163. The van der Waals surface area contributed by atoms with E-state index < -0.39 is 197 Å². The number of nitrogens with one attached hydrogen (secondary N) is 4.